The maximum Gasteiger partial charge on any atom is 3.00 e. The molecule has 0 fully saturated rings. The van der Waals surface area contributed by atoms with Crippen molar-refractivity contribution >= 4 is 46.4 Å². The van der Waals surface area contributed by atoms with Crippen LogP contribution in [-0.2, 0) is 65.9 Å². The maximum atomic E-state index is 14.5. The Morgan fingerprint density at radius 3 is 0.964 bits per heavy atom. The van der Waals surface area contributed by atoms with Crippen LogP contribution in [0.15, 0.2) is 237 Å². The summed E-state index contributed by atoms with van der Waals surface area (Å²) in [5.41, 5.74) is 19.1. The minimum Gasteiger partial charge on any atom is -0.343 e. The van der Waals surface area contributed by atoms with Crippen molar-refractivity contribution in [3.63, 3.8) is 0 Å². The number of benzene rings is 8. The number of pyridine rings is 4. The smallest absolute Gasteiger partial charge is 0.343 e. The molecule has 5 heterocycles. The zero-order valence-electron chi connectivity index (χ0n) is 64.9. The fraction of sp³-hybridized carbons (Fsp3) is 0.208. The molecule has 0 saturated carbocycles. The van der Waals surface area contributed by atoms with E-state index in [2.05, 4.69) is 166 Å². The van der Waals surface area contributed by atoms with E-state index in [9.17, 15) is 19.2 Å². The first-order chi connectivity index (χ1) is 53.1. The van der Waals surface area contributed by atoms with E-state index in [0.29, 0.717) is 96.8 Å². The molecule has 0 bridgehead atoms. The zero-order chi connectivity index (χ0) is 77.5. The summed E-state index contributed by atoms with van der Waals surface area (Å²) >= 11 is 0. The van der Waals surface area contributed by atoms with Gasteiger partial charge in [0.15, 0.2) is 0 Å². The van der Waals surface area contributed by atoms with Crippen LogP contribution in [0.3, 0.4) is 0 Å². The molecule has 0 spiro atoms. The fourth-order valence-electron chi connectivity index (χ4n) is 13.1. The molecule has 5 aromatic heterocycles. The molecule has 0 aliphatic heterocycles. The molecule has 4 amide bonds. The molecule has 13 aromatic rings. The summed E-state index contributed by atoms with van der Waals surface area (Å²) in [5.74, 6) is 1.56. The second-order valence-corrected chi connectivity index (χ2v) is 29.2. The first kappa shape index (κ1) is 83.1. The van der Waals surface area contributed by atoms with Crippen molar-refractivity contribution in [3.8, 4) is 78.7 Å². The minimum atomic E-state index is -0.315. The van der Waals surface area contributed by atoms with Crippen LogP contribution in [0, 0.1) is 66.1 Å². The van der Waals surface area contributed by atoms with E-state index >= 15 is 0 Å². The van der Waals surface area contributed by atoms with E-state index < -0.39 is 0 Å². The Labute approximate surface area is 686 Å². The molecule has 0 N–H and O–H groups in total. The predicted octanol–water partition coefficient (Wildman–Crippen LogP) is 19.9. The molecule has 16 heteroatoms. The summed E-state index contributed by atoms with van der Waals surface area (Å²) in [6.07, 6.45) is 14.1. The first-order valence-electron chi connectivity index (χ1n) is 37.1. The van der Waals surface area contributed by atoms with Gasteiger partial charge in [-0.25, -0.2) is 18.2 Å². The van der Waals surface area contributed by atoms with Gasteiger partial charge in [-0.2, -0.15) is 0 Å². The van der Waals surface area contributed by atoms with E-state index in [4.69, 9.17) is 9.97 Å². The number of hydrogen-bond acceptors (Lipinski definition) is 10. The summed E-state index contributed by atoms with van der Waals surface area (Å²) in [6, 6.07) is 85.5. The second-order valence-electron chi connectivity index (χ2n) is 29.2. The van der Waals surface area contributed by atoms with Gasteiger partial charge in [-0.3, -0.25) is 36.9 Å². The summed E-state index contributed by atoms with van der Waals surface area (Å²) in [5, 5.41) is 0. The predicted molar refractivity (Wildman–Crippen MR) is 440 cm³/mol. The fourth-order valence-corrected chi connectivity index (χ4v) is 13.1. The molecule has 1 radical (unpaired) electrons. The van der Waals surface area contributed by atoms with Crippen LogP contribution in [0.1, 0.15) is 119 Å². The number of anilines is 4. The Hall–Kier alpha value is -11.4. The van der Waals surface area contributed by atoms with Gasteiger partial charge in [0.1, 0.15) is 0 Å². The Balaban J connectivity index is 0.000000246. The molecular formula is C96H87Ir2N10O4-4. The number of nitrogens with zero attached hydrogens (tertiary/aromatic N) is 10. The van der Waals surface area contributed by atoms with E-state index in [1.165, 1.54) is 22.3 Å². The van der Waals surface area contributed by atoms with Crippen molar-refractivity contribution in [1.29, 1.82) is 0 Å². The van der Waals surface area contributed by atoms with Gasteiger partial charge in [-0.15, -0.1) is 177 Å². The summed E-state index contributed by atoms with van der Waals surface area (Å²) in [6.45, 7) is 17.6. The van der Waals surface area contributed by atoms with E-state index in [1.54, 1.807) is 127 Å². The van der Waals surface area contributed by atoms with E-state index in [-0.39, 0.29) is 63.8 Å². The molecule has 13 rings (SSSR count). The number of aromatic nitrogens is 6. The van der Waals surface area contributed by atoms with Crippen LogP contribution in [-0.4, -0.2) is 81.7 Å². The van der Waals surface area contributed by atoms with Gasteiger partial charge in [0.2, 0.25) is 0 Å². The van der Waals surface area contributed by atoms with Crippen molar-refractivity contribution < 1.29 is 59.4 Å². The van der Waals surface area contributed by atoms with Gasteiger partial charge in [0.25, 0.3) is 23.6 Å². The summed E-state index contributed by atoms with van der Waals surface area (Å²) < 4.78 is 0. The average Bonchev–Trinajstić information content (AvgIpc) is 0.785. The van der Waals surface area contributed by atoms with Gasteiger partial charge < -0.3 is 49.5 Å². The van der Waals surface area contributed by atoms with Crippen LogP contribution in [0.2, 0.25) is 0 Å². The maximum absolute atomic E-state index is 14.5. The van der Waals surface area contributed by atoms with E-state index in [0.717, 1.165) is 76.3 Å². The van der Waals surface area contributed by atoms with Crippen LogP contribution in [0.4, 0.5) is 22.7 Å². The number of carbonyl (C=O) groups is 4. The van der Waals surface area contributed by atoms with Gasteiger partial charge in [0, 0.05) is 95.3 Å². The molecule has 8 aromatic carbocycles. The molecule has 0 unspecified atom stereocenters. The minimum absolute atomic E-state index is 0. The molecule has 0 atom stereocenters. The average molecular weight is 1830 g/mol. The molecule has 14 nitrogen and oxygen atoms in total. The number of rotatable bonds is 23. The third-order valence-corrected chi connectivity index (χ3v) is 18.7. The van der Waals surface area contributed by atoms with Crippen LogP contribution in [0.25, 0.3) is 78.7 Å². The molecule has 0 aliphatic rings. The second kappa shape index (κ2) is 38.5. The zero-order valence-corrected chi connectivity index (χ0v) is 69.7. The SMILES string of the molecule is CC(C)Cc1cc[c-]c(-c2ccc(N(C)C(=O)c3cc(C(=O)N(C)c4ccc(-c5[c-]ccc(CC(C)C)c5)nc4)cc(-c4ccc[c-]c4-c4cnc(-c5[c-]ccc[c-]5)nc4)c3)cn2)c1.CC(C)Cc1cc[c-]c(-c2ccc(N(C)C(=O)c3cccc(C(=O)N(C)c4ccc(-c5[c-]ccc(CC(C)C)c5)nc4)c3)cn2)c1.[Ir+3].[Ir]. The Morgan fingerprint density at radius 2 is 0.643 bits per heavy atom. The third kappa shape index (κ3) is 21.0. The van der Waals surface area contributed by atoms with Crippen LogP contribution >= 0.6 is 0 Å². The van der Waals surface area contributed by atoms with Gasteiger partial charge >= 0.3 is 20.1 Å². The van der Waals surface area contributed by atoms with Crippen LogP contribution in [0.5, 0.6) is 0 Å². The molecular weight excluding hydrogens is 1740 g/mol. The van der Waals surface area contributed by atoms with Crippen molar-refractivity contribution in [2.75, 3.05) is 47.8 Å². The van der Waals surface area contributed by atoms with Crippen molar-refractivity contribution in [2.24, 2.45) is 23.7 Å². The van der Waals surface area contributed by atoms with Gasteiger partial charge in [-0.1, -0.05) is 109 Å². The largest absolute Gasteiger partial charge is 3.00 e. The summed E-state index contributed by atoms with van der Waals surface area (Å²) in [7, 11) is 6.83. The Morgan fingerprint density at radius 1 is 0.321 bits per heavy atom. The van der Waals surface area contributed by atoms with Crippen LogP contribution < -0.4 is 19.6 Å². The van der Waals surface area contributed by atoms with E-state index in [1.807, 2.05) is 109 Å². The normalized spacial score (nSPS) is 11.0. The molecule has 567 valence electrons. The topological polar surface area (TPSA) is 159 Å². The number of amides is 4. The third-order valence-electron chi connectivity index (χ3n) is 18.7. The van der Waals surface area contributed by atoms with Crippen molar-refractivity contribution in [2.45, 2.75) is 81.1 Å². The molecule has 0 aliphatic carbocycles. The number of hydrogen-bond donors (Lipinski definition) is 0. The molecule has 0 saturated heterocycles. The van der Waals surface area contributed by atoms with Gasteiger partial charge in [0.05, 0.1) is 22.7 Å². The Bertz CT molecular complexity index is 5100. The van der Waals surface area contributed by atoms with Crippen molar-refractivity contribution in [3.05, 3.63) is 324 Å². The quantitative estimate of drug-likeness (QED) is 0.0564. The summed E-state index contributed by atoms with van der Waals surface area (Å²) in [4.78, 5) is 90.1. The Kier molecular flexibility index (Phi) is 28.6. The standard InChI is InChI=1S/C56H47N6O2.C40H40N4O2.2Ir/c1-37(2)26-39-14-12-18-42(28-39)52-24-22-48(35-57-52)61(5)55(63)45-30-44(50-20-10-11-21-51(50)47-33-59-54(60-34-47)41-16-8-7-9-17-41)31-46(32-45)56(64)62(6)49-23-25-53(58-36-49)43-19-13-15-40(29-43)27-38(3)4;1-27(2)20-29-10-7-12-31(22-29)37-18-16-35(25-41-37)43(5)39(45)33-14-9-15-34(24-33)40(46)44(6)36-17-19-38(42-26-36)32-13-8-11-30(23-32)21-28(3)4;;/h7-15,20,22-25,28-38H,26-27H2,1-6H3;7-11,14-19,22-28H,20-21H2,1-6H3;;/q-5;-2;;+3. The first-order valence-corrected chi connectivity index (χ1v) is 37.1. The van der Waals surface area contributed by atoms with Crippen molar-refractivity contribution in [1.82, 2.24) is 29.9 Å². The molecule has 112 heavy (non-hydrogen) atoms. The monoisotopic (exact) mass is 1830 g/mol. The number of carbonyl (C=O) groups excluding carboxylic acids is 4. The van der Waals surface area contributed by atoms with Gasteiger partial charge in [-0.05, 0) is 139 Å².